The molecule has 0 saturated heterocycles. The number of carbonyl (C=O) groups excluding carboxylic acids is 1. The Morgan fingerprint density at radius 2 is 1.76 bits per heavy atom. The van der Waals surface area contributed by atoms with Gasteiger partial charge < -0.3 is 5.11 Å². The molecule has 3 nitrogen and oxygen atoms in total. The molecular formula is C18H18O3. The molecule has 0 aliphatic heterocycles. The number of carbonyl (C=O) groups is 2. The molecule has 2 aromatic rings. The van der Waals surface area contributed by atoms with Gasteiger partial charge in [-0.2, -0.15) is 0 Å². The molecule has 0 radical (unpaired) electrons. The van der Waals surface area contributed by atoms with Crippen LogP contribution in [-0.2, 0) is 16.0 Å². The maximum absolute atomic E-state index is 11.0. The molecule has 0 atom stereocenters. The Hall–Kier alpha value is -2.42. The van der Waals surface area contributed by atoms with Crippen LogP contribution >= 0.6 is 0 Å². The Morgan fingerprint density at radius 3 is 2.38 bits per heavy atom. The number of benzene rings is 2. The van der Waals surface area contributed by atoms with Gasteiger partial charge in [0.05, 0.1) is 0 Å². The first-order valence-corrected chi connectivity index (χ1v) is 6.99. The van der Waals surface area contributed by atoms with Gasteiger partial charge in [0.2, 0.25) is 5.78 Å². The van der Waals surface area contributed by atoms with Crippen molar-refractivity contribution in [1.29, 1.82) is 0 Å². The molecule has 1 N–H and O–H groups in total. The van der Waals surface area contributed by atoms with Crippen molar-refractivity contribution in [1.82, 2.24) is 0 Å². The highest BCUT2D eigenvalue weighted by Gasteiger charge is 2.10. The summed E-state index contributed by atoms with van der Waals surface area (Å²) < 4.78 is 0. The maximum atomic E-state index is 11.0. The van der Waals surface area contributed by atoms with Crippen molar-refractivity contribution in [2.75, 3.05) is 0 Å². The second kappa shape index (κ2) is 6.84. The molecule has 2 aromatic carbocycles. The van der Waals surface area contributed by atoms with E-state index in [0.29, 0.717) is 6.42 Å². The molecule has 0 aliphatic rings. The van der Waals surface area contributed by atoms with Crippen molar-refractivity contribution in [3.05, 3.63) is 59.7 Å². The Balaban J connectivity index is 2.03. The first-order valence-electron chi connectivity index (χ1n) is 6.99. The van der Waals surface area contributed by atoms with Crippen LogP contribution in [0.25, 0.3) is 11.1 Å². The molecule has 0 heterocycles. The van der Waals surface area contributed by atoms with Gasteiger partial charge in [0.25, 0.3) is 0 Å². The molecule has 0 amide bonds. The molecule has 108 valence electrons. The van der Waals surface area contributed by atoms with Gasteiger partial charge >= 0.3 is 5.97 Å². The maximum Gasteiger partial charge on any atom is 0.372 e. The Bertz CT molecular complexity index is 645. The predicted octanol–water partition coefficient (Wildman–Crippen LogP) is 3.64. The summed E-state index contributed by atoms with van der Waals surface area (Å²) in [6.07, 6.45) is 1.37. The van der Waals surface area contributed by atoms with E-state index < -0.39 is 11.8 Å². The Labute approximate surface area is 124 Å². The third kappa shape index (κ3) is 4.02. The van der Waals surface area contributed by atoms with Crippen LogP contribution in [0.3, 0.4) is 0 Å². The van der Waals surface area contributed by atoms with Gasteiger partial charge in [0, 0.05) is 6.42 Å². The van der Waals surface area contributed by atoms with Gasteiger partial charge in [0.1, 0.15) is 0 Å². The first kappa shape index (κ1) is 15.0. The normalized spacial score (nSPS) is 10.3. The SMILES string of the molecule is Cc1cc(CCCC(=O)C(=O)O)ccc1-c1ccccc1. The Kier molecular flexibility index (Phi) is 4.88. The fourth-order valence-electron chi connectivity index (χ4n) is 2.38. The number of rotatable bonds is 6. The summed E-state index contributed by atoms with van der Waals surface area (Å²) in [5, 5.41) is 8.54. The van der Waals surface area contributed by atoms with Crippen LogP contribution < -0.4 is 0 Å². The van der Waals surface area contributed by atoms with Crippen LogP contribution in [0.15, 0.2) is 48.5 Å². The lowest BCUT2D eigenvalue weighted by atomic mass is 9.96. The van der Waals surface area contributed by atoms with Gasteiger partial charge in [-0.3, -0.25) is 4.79 Å². The number of hydrogen-bond donors (Lipinski definition) is 1. The number of carboxylic acids is 1. The van der Waals surface area contributed by atoms with Crippen molar-refractivity contribution in [3.8, 4) is 11.1 Å². The number of ketones is 1. The summed E-state index contributed by atoms with van der Waals surface area (Å²) in [6, 6.07) is 16.4. The van der Waals surface area contributed by atoms with Crippen LogP contribution in [0.1, 0.15) is 24.0 Å². The minimum Gasteiger partial charge on any atom is -0.476 e. The van der Waals surface area contributed by atoms with Gasteiger partial charge in [-0.1, -0.05) is 48.5 Å². The molecular weight excluding hydrogens is 264 g/mol. The summed E-state index contributed by atoms with van der Waals surface area (Å²) >= 11 is 0. The standard InChI is InChI=1S/C18H18O3/c1-13-12-14(6-5-9-17(19)18(20)21)10-11-16(13)15-7-3-2-4-8-15/h2-4,7-8,10-12H,5-6,9H2,1H3,(H,20,21). The largest absolute Gasteiger partial charge is 0.476 e. The van der Waals surface area contributed by atoms with E-state index in [1.165, 1.54) is 16.7 Å². The molecule has 0 saturated carbocycles. The highest BCUT2D eigenvalue weighted by atomic mass is 16.4. The number of Topliss-reactive ketones (excluding diaryl/α,β-unsaturated/α-hetero) is 1. The van der Waals surface area contributed by atoms with Crippen LogP contribution in [-0.4, -0.2) is 16.9 Å². The van der Waals surface area contributed by atoms with Crippen molar-refractivity contribution < 1.29 is 14.7 Å². The smallest absolute Gasteiger partial charge is 0.372 e. The molecule has 0 spiro atoms. The number of aliphatic carboxylic acids is 1. The van der Waals surface area contributed by atoms with E-state index in [2.05, 4.69) is 31.2 Å². The molecule has 0 aliphatic carbocycles. The van der Waals surface area contributed by atoms with Crippen LogP contribution in [0.4, 0.5) is 0 Å². The van der Waals surface area contributed by atoms with E-state index in [-0.39, 0.29) is 6.42 Å². The Morgan fingerprint density at radius 1 is 1.05 bits per heavy atom. The monoisotopic (exact) mass is 282 g/mol. The van der Waals surface area contributed by atoms with E-state index in [0.717, 1.165) is 12.0 Å². The summed E-state index contributed by atoms with van der Waals surface area (Å²) in [5.74, 6) is -2.06. The van der Waals surface area contributed by atoms with Gasteiger partial charge in [-0.25, -0.2) is 4.79 Å². The average Bonchev–Trinajstić information content (AvgIpc) is 2.48. The van der Waals surface area contributed by atoms with Crippen LogP contribution in [0.2, 0.25) is 0 Å². The lowest BCUT2D eigenvalue weighted by molar-refractivity contribution is -0.149. The topological polar surface area (TPSA) is 54.4 Å². The number of carboxylic acid groups (broad SMARTS) is 1. The van der Waals surface area contributed by atoms with Gasteiger partial charge in [0.15, 0.2) is 0 Å². The van der Waals surface area contributed by atoms with E-state index in [9.17, 15) is 9.59 Å². The molecule has 0 unspecified atom stereocenters. The summed E-state index contributed by atoms with van der Waals surface area (Å²) in [6.45, 7) is 2.06. The molecule has 0 fully saturated rings. The molecule has 2 rings (SSSR count). The number of aryl methyl sites for hydroxylation is 2. The zero-order valence-corrected chi connectivity index (χ0v) is 12.0. The van der Waals surface area contributed by atoms with Gasteiger partial charge in [-0.15, -0.1) is 0 Å². The lowest BCUT2D eigenvalue weighted by Crippen LogP contribution is -2.12. The van der Waals surface area contributed by atoms with Crippen molar-refractivity contribution in [2.45, 2.75) is 26.2 Å². The predicted molar refractivity (Wildman–Crippen MR) is 82.2 cm³/mol. The van der Waals surface area contributed by atoms with E-state index >= 15 is 0 Å². The van der Waals surface area contributed by atoms with E-state index in [1.54, 1.807) is 0 Å². The van der Waals surface area contributed by atoms with Gasteiger partial charge in [-0.05, 0) is 42.0 Å². The molecule has 21 heavy (non-hydrogen) atoms. The molecule has 0 bridgehead atoms. The van der Waals surface area contributed by atoms with Crippen LogP contribution in [0, 0.1) is 6.92 Å². The first-order chi connectivity index (χ1) is 10.1. The lowest BCUT2D eigenvalue weighted by Gasteiger charge is -2.08. The zero-order chi connectivity index (χ0) is 15.2. The average molecular weight is 282 g/mol. The summed E-state index contributed by atoms with van der Waals surface area (Å²) in [5.41, 5.74) is 4.69. The molecule has 0 aromatic heterocycles. The zero-order valence-electron chi connectivity index (χ0n) is 12.0. The second-order valence-corrected chi connectivity index (χ2v) is 5.10. The fourth-order valence-corrected chi connectivity index (χ4v) is 2.38. The highest BCUT2D eigenvalue weighted by Crippen LogP contribution is 2.24. The summed E-state index contributed by atoms with van der Waals surface area (Å²) in [4.78, 5) is 21.5. The van der Waals surface area contributed by atoms with E-state index in [1.807, 2.05) is 24.3 Å². The van der Waals surface area contributed by atoms with Crippen molar-refractivity contribution in [2.24, 2.45) is 0 Å². The molecule has 3 heteroatoms. The summed E-state index contributed by atoms with van der Waals surface area (Å²) in [7, 11) is 0. The fraction of sp³-hybridized carbons (Fsp3) is 0.222. The third-order valence-electron chi connectivity index (χ3n) is 3.48. The quantitative estimate of drug-likeness (QED) is 0.823. The van der Waals surface area contributed by atoms with Crippen molar-refractivity contribution in [3.63, 3.8) is 0 Å². The minimum absolute atomic E-state index is 0.0921. The number of hydrogen-bond acceptors (Lipinski definition) is 2. The third-order valence-corrected chi connectivity index (χ3v) is 3.48. The van der Waals surface area contributed by atoms with Crippen LogP contribution in [0.5, 0.6) is 0 Å². The minimum atomic E-state index is -1.34. The van der Waals surface area contributed by atoms with E-state index in [4.69, 9.17) is 5.11 Å². The highest BCUT2D eigenvalue weighted by molar-refractivity contribution is 6.32. The second-order valence-electron chi connectivity index (χ2n) is 5.10. The van der Waals surface area contributed by atoms with Crippen molar-refractivity contribution >= 4 is 11.8 Å².